The van der Waals surface area contributed by atoms with Crippen molar-refractivity contribution >= 4 is 75.9 Å². The number of fused-ring (bicyclic) bond motifs is 20. The molecule has 0 unspecified atom stereocenters. The molecule has 0 atom stereocenters. The molecule has 0 spiro atoms. The predicted octanol–water partition coefficient (Wildman–Crippen LogP) is 15.8. The van der Waals surface area contributed by atoms with E-state index in [4.69, 9.17) is 29.9 Å². The van der Waals surface area contributed by atoms with Crippen molar-refractivity contribution in [1.82, 2.24) is 39.9 Å². The van der Waals surface area contributed by atoms with Gasteiger partial charge in [-0.2, -0.15) is 0 Å². The summed E-state index contributed by atoms with van der Waals surface area (Å²) in [5.74, 6) is 2.03. The molecule has 372 valence electrons. The number of nitrogens with one attached hydrogen (secondary N) is 6. The number of benzene rings is 9. The fraction of sp³-hybridized carbons (Fsp3) is 0.0312. The van der Waals surface area contributed by atoms with Crippen molar-refractivity contribution in [3.8, 4) is 45.6 Å². The van der Waals surface area contributed by atoms with Gasteiger partial charge in [-0.1, -0.05) is 177 Å². The Morgan fingerprint density at radius 2 is 0.662 bits per heavy atom. The third-order valence-corrected chi connectivity index (χ3v) is 20.5. The van der Waals surface area contributed by atoms with E-state index < -0.39 is 9.04 Å². The number of hydrogen-bond donors (Lipinski definition) is 6. The Balaban J connectivity index is 1.24. The summed E-state index contributed by atoms with van der Waals surface area (Å²) >= 11 is 0. The minimum absolute atomic E-state index is 0.482. The quantitative estimate of drug-likeness (QED) is 0.0737. The Kier molecular flexibility index (Phi) is 10.3. The van der Waals surface area contributed by atoms with E-state index in [1.165, 1.54) is 5.56 Å². The van der Waals surface area contributed by atoms with E-state index in [2.05, 4.69) is 194 Å². The number of aryl methyl sites for hydroxylation is 1. The molecular formula is C64H50N12S. The van der Waals surface area contributed by atoms with E-state index in [9.17, 15) is 0 Å². The van der Waals surface area contributed by atoms with Gasteiger partial charge in [0, 0.05) is 71.4 Å². The van der Waals surface area contributed by atoms with Crippen LogP contribution in [0.25, 0.3) is 89.7 Å². The average molecular weight is 1020 g/mol. The van der Waals surface area contributed by atoms with Crippen LogP contribution >= 0.6 is 9.04 Å². The van der Waals surface area contributed by atoms with Crippen molar-refractivity contribution in [1.29, 1.82) is 0 Å². The first-order chi connectivity index (χ1) is 37.9. The predicted molar refractivity (Wildman–Crippen MR) is 316 cm³/mol. The van der Waals surface area contributed by atoms with Crippen LogP contribution in [-0.4, -0.2) is 39.9 Å². The summed E-state index contributed by atoms with van der Waals surface area (Å²) in [7, 11) is -5.47. The van der Waals surface area contributed by atoms with Crippen LogP contribution in [0.1, 0.15) is 12.5 Å². The SMILES string of the molecule is CCc1ccc(S(Nc2ccccc2)(Nc2ccccc2)(Nc2ccccc2)(Nc2ccccc2)c2cccc3c4nc5nc(nc6[nH]c(nc7nc(nc([nH]4)c23)-c2ccccc2-7)c2ccccc62)-c2ccccc2-5)cc1. The van der Waals surface area contributed by atoms with E-state index in [0.29, 0.717) is 45.9 Å². The molecule has 14 rings (SSSR count). The van der Waals surface area contributed by atoms with Crippen molar-refractivity contribution < 1.29 is 0 Å². The second-order valence-electron chi connectivity index (χ2n) is 19.3. The first-order valence-electron chi connectivity index (χ1n) is 25.7. The van der Waals surface area contributed by atoms with Gasteiger partial charge in [0.15, 0.2) is 23.3 Å². The van der Waals surface area contributed by atoms with Gasteiger partial charge >= 0.3 is 0 Å². The van der Waals surface area contributed by atoms with Crippen molar-refractivity contribution in [3.05, 3.63) is 242 Å². The smallest absolute Gasteiger partial charge is 0.164 e. The second-order valence-corrected chi connectivity index (χ2v) is 24.1. The summed E-state index contributed by atoms with van der Waals surface area (Å²) in [4.78, 5) is 41.5. The van der Waals surface area contributed by atoms with Gasteiger partial charge in [-0.25, -0.2) is 29.9 Å². The van der Waals surface area contributed by atoms with E-state index in [1.807, 2.05) is 78.9 Å². The first kappa shape index (κ1) is 45.5. The highest BCUT2D eigenvalue weighted by Crippen LogP contribution is 2.95. The molecule has 0 fully saturated rings. The van der Waals surface area contributed by atoms with Crippen LogP contribution < -0.4 is 18.9 Å². The Hall–Kier alpha value is -10.1. The molecule has 12 aromatic rings. The Morgan fingerprint density at radius 3 is 1.06 bits per heavy atom. The van der Waals surface area contributed by atoms with Crippen molar-refractivity contribution in [2.45, 2.75) is 23.1 Å². The zero-order valence-corrected chi connectivity index (χ0v) is 42.6. The molecule has 12 nitrogen and oxygen atoms in total. The van der Waals surface area contributed by atoms with Gasteiger partial charge < -0.3 is 28.9 Å². The van der Waals surface area contributed by atoms with Gasteiger partial charge in [0.25, 0.3) is 0 Å². The number of nitrogens with zero attached hydrogens (tertiary/aromatic N) is 6. The number of para-hydroxylation sites is 4. The highest BCUT2D eigenvalue weighted by molar-refractivity contribution is 8.68. The van der Waals surface area contributed by atoms with Crippen LogP contribution in [-0.2, 0) is 6.42 Å². The number of H-pyrrole nitrogens is 2. The van der Waals surface area contributed by atoms with E-state index in [-0.39, 0.29) is 0 Å². The molecule has 3 aromatic heterocycles. The van der Waals surface area contributed by atoms with Crippen LogP contribution in [0.3, 0.4) is 0 Å². The molecule has 0 amide bonds. The maximum Gasteiger partial charge on any atom is 0.164 e. The van der Waals surface area contributed by atoms with Gasteiger partial charge in [-0.05, 0) is 87.8 Å². The number of aromatic amines is 2. The molecule has 0 saturated carbocycles. The van der Waals surface area contributed by atoms with Crippen molar-refractivity contribution in [3.63, 3.8) is 0 Å². The summed E-state index contributed by atoms with van der Waals surface area (Å²) < 4.78 is 17.7. The molecule has 2 aliphatic heterocycles. The maximum absolute atomic E-state index is 5.71. The normalized spacial score (nSPS) is 12.7. The van der Waals surface area contributed by atoms with Crippen LogP contribution in [0.5, 0.6) is 0 Å². The minimum Gasteiger partial charge on any atom is -0.324 e. The molecule has 77 heavy (non-hydrogen) atoms. The Bertz CT molecular complexity index is 4240. The maximum atomic E-state index is 5.71. The van der Waals surface area contributed by atoms with Crippen LogP contribution in [0.4, 0.5) is 22.7 Å². The number of hydrogen-bond acceptors (Lipinski definition) is 10. The summed E-state index contributed by atoms with van der Waals surface area (Å²) in [5.41, 5.74) is 10.2. The number of rotatable bonds is 11. The molecule has 0 saturated heterocycles. The van der Waals surface area contributed by atoms with Crippen molar-refractivity contribution in [2.75, 3.05) is 18.9 Å². The number of aromatic nitrogens is 8. The Morgan fingerprint density at radius 1 is 0.325 bits per heavy atom. The summed E-state index contributed by atoms with van der Waals surface area (Å²) in [6.07, 6.45) is 0.838. The largest absolute Gasteiger partial charge is 0.324 e. The lowest BCUT2D eigenvalue weighted by Gasteiger charge is -2.82. The molecule has 0 aliphatic carbocycles. The van der Waals surface area contributed by atoms with Gasteiger partial charge in [0.1, 0.15) is 22.6 Å². The first-order valence-corrected chi connectivity index (χ1v) is 28.1. The monoisotopic (exact) mass is 1020 g/mol. The average Bonchev–Trinajstić information content (AvgIpc) is 2.98. The third-order valence-electron chi connectivity index (χ3n) is 14.6. The topological polar surface area (TPSA) is 157 Å². The molecule has 5 heterocycles. The zero-order chi connectivity index (χ0) is 51.5. The lowest BCUT2D eigenvalue weighted by Crippen LogP contribution is -2.60. The Labute approximate surface area is 443 Å². The van der Waals surface area contributed by atoms with Gasteiger partial charge in [0.05, 0.1) is 4.90 Å². The highest BCUT2D eigenvalue weighted by Gasteiger charge is 2.64. The van der Waals surface area contributed by atoms with E-state index in [1.54, 1.807) is 0 Å². The summed E-state index contributed by atoms with van der Waals surface area (Å²) in [6.45, 7) is 2.18. The lowest BCUT2D eigenvalue weighted by atomic mass is 10.1. The molecule has 0 radical (unpaired) electrons. The molecule has 2 aliphatic rings. The summed E-state index contributed by atoms with van der Waals surface area (Å²) in [6, 6.07) is 81.2. The molecule has 8 bridgehead atoms. The van der Waals surface area contributed by atoms with Gasteiger partial charge in [0.2, 0.25) is 0 Å². The van der Waals surface area contributed by atoms with Crippen molar-refractivity contribution in [2.24, 2.45) is 0 Å². The van der Waals surface area contributed by atoms with Crippen LogP contribution in [0.2, 0.25) is 0 Å². The van der Waals surface area contributed by atoms with E-state index in [0.717, 1.165) is 82.8 Å². The fourth-order valence-electron chi connectivity index (χ4n) is 11.1. The van der Waals surface area contributed by atoms with Gasteiger partial charge in [-0.3, -0.25) is 0 Å². The number of anilines is 4. The molecule has 9 aromatic carbocycles. The highest BCUT2D eigenvalue weighted by atomic mass is 32.4. The van der Waals surface area contributed by atoms with Gasteiger partial charge in [-0.15, -0.1) is 0 Å². The standard InChI is InChI=1S/C64H50N12S/c1-2-42-38-40-47(41-39-42)77(73-43-22-7-3-8-23-43,74-44-24-9-4-10-25-44,75-45-26-11-5-12-27-45,76-46-28-13-6-14-29-46)55-37-21-36-54-56(55)64-71-62-53-35-20-19-34-52(53)60(69-62)67-58-49-31-16-15-30-48(49)57(65-58)66-59-50-32-17-18-33-51(50)61(68-59)70-63(54)72-64/h3-41,73-76H,2H2,1H3,(H2,65,66,67,68,69,70,71,72). The second kappa shape index (κ2) is 17.5. The minimum atomic E-state index is -5.47. The fourth-order valence-corrected chi connectivity index (χ4v) is 17.4. The molecule has 13 heteroatoms. The zero-order valence-electron chi connectivity index (χ0n) is 41.8. The molecule has 6 N–H and O–H groups in total. The van der Waals surface area contributed by atoms with E-state index >= 15 is 0 Å². The summed E-state index contributed by atoms with van der Waals surface area (Å²) in [5, 5.41) is 3.35. The third kappa shape index (κ3) is 7.23. The molecular weight excluding hydrogens is 969 g/mol. The van der Waals surface area contributed by atoms with Crippen LogP contribution in [0.15, 0.2) is 246 Å². The lowest BCUT2D eigenvalue weighted by molar-refractivity contribution is 1.12. The van der Waals surface area contributed by atoms with Crippen LogP contribution in [0, 0.1) is 0 Å².